The van der Waals surface area contributed by atoms with Crippen molar-refractivity contribution in [3.63, 3.8) is 0 Å². The fourth-order valence-electron chi connectivity index (χ4n) is 3.77. The predicted octanol–water partition coefficient (Wildman–Crippen LogP) is 2.66. The van der Waals surface area contributed by atoms with E-state index in [4.69, 9.17) is 0 Å². The lowest BCUT2D eigenvalue weighted by Crippen LogP contribution is -2.42. The lowest BCUT2D eigenvalue weighted by molar-refractivity contribution is -0.121. The largest absolute Gasteiger partial charge is 0.296 e. The smallest absolute Gasteiger partial charge is 0.269 e. The lowest BCUT2D eigenvalue weighted by atomic mass is 10.1. The number of fused-ring (bicyclic) bond motifs is 2. The van der Waals surface area contributed by atoms with Gasteiger partial charge in [0, 0.05) is 18.5 Å². The van der Waals surface area contributed by atoms with Crippen molar-refractivity contribution in [2.75, 3.05) is 0 Å². The quantitative estimate of drug-likeness (QED) is 0.635. The number of hydrogen-bond acceptors (Lipinski definition) is 4. The number of amides is 2. The highest BCUT2D eigenvalue weighted by Gasteiger charge is 2.15. The molecule has 7 nitrogen and oxygen atoms in total. The van der Waals surface area contributed by atoms with Crippen LogP contribution in [-0.4, -0.2) is 21.4 Å². The minimum absolute atomic E-state index is 0.00272. The Kier molecular flexibility index (Phi) is 6.06. The van der Waals surface area contributed by atoms with Gasteiger partial charge in [-0.15, -0.1) is 0 Å². The third kappa shape index (κ3) is 4.79. The van der Waals surface area contributed by atoms with E-state index in [2.05, 4.69) is 15.8 Å². The standard InChI is InChI=1S/C23H23FN4O3/c24-17-9-6-15(7-10-17)13-21(29)26-27-22(30)16-8-11-18-19(14-16)25-20-5-3-1-2-4-12-28(20)23(18)31/h6-11,14H,1-5,12-13H2,(H,26,29)(H,27,30). The molecule has 0 aliphatic carbocycles. The number of aromatic nitrogens is 2. The van der Waals surface area contributed by atoms with Crippen molar-refractivity contribution in [3.8, 4) is 0 Å². The maximum absolute atomic E-state index is 12.9. The number of hydrazine groups is 1. The van der Waals surface area contributed by atoms with Crippen LogP contribution in [0.1, 0.15) is 47.4 Å². The van der Waals surface area contributed by atoms with E-state index in [0.29, 0.717) is 23.0 Å². The first-order valence-electron chi connectivity index (χ1n) is 10.4. The van der Waals surface area contributed by atoms with Crippen molar-refractivity contribution >= 4 is 22.7 Å². The number of rotatable bonds is 3. The Morgan fingerprint density at radius 1 is 1.00 bits per heavy atom. The van der Waals surface area contributed by atoms with Crippen molar-refractivity contribution in [2.45, 2.75) is 45.1 Å². The van der Waals surface area contributed by atoms with Crippen LogP contribution in [0, 0.1) is 5.82 Å². The zero-order valence-electron chi connectivity index (χ0n) is 17.0. The average molecular weight is 422 g/mol. The van der Waals surface area contributed by atoms with Crippen LogP contribution in [0.4, 0.5) is 4.39 Å². The van der Waals surface area contributed by atoms with E-state index in [1.165, 1.54) is 24.3 Å². The molecule has 0 radical (unpaired) electrons. The van der Waals surface area contributed by atoms with Crippen LogP contribution < -0.4 is 16.4 Å². The molecule has 3 aromatic rings. The van der Waals surface area contributed by atoms with Gasteiger partial charge in [-0.3, -0.25) is 29.8 Å². The number of halogens is 1. The molecule has 0 spiro atoms. The van der Waals surface area contributed by atoms with Gasteiger partial charge in [-0.1, -0.05) is 25.0 Å². The van der Waals surface area contributed by atoms with E-state index in [-0.39, 0.29) is 23.4 Å². The molecule has 2 heterocycles. The molecule has 160 valence electrons. The van der Waals surface area contributed by atoms with E-state index in [1.807, 2.05) is 0 Å². The summed E-state index contributed by atoms with van der Waals surface area (Å²) >= 11 is 0. The van der Waals surface area contributed by atoms with Crippen LogP contribution in [-0.2, 0) is 24.2 Å². The number of carbonyl (C=O) groups is 2. The third-order valence-electron chi connectivity index (χ3n) is 5.42. The first-order chi connectivity index (χ1) is 15.0. The van der Waals surface area contributed by atoms with Gasteiger partial charge in [0.05, 0.1) is 17.3 Å². The van der Waals surface area contributed by atoms with Gasteiger partial charge >= 0.3 is 0 Å². The Labute approximate surface area is 178 Å². The fourth-order valence-corrected chi connectivity index (χ4v) is 3.77. The van der Waals surface area contributed by atoms with Crippen molar-refractivity contribution in [3.05, 3.63) is 75.6 Å². The van der Waals surface area contributed by atoms with Crippen LogP contribution in [0.25, 0.3) is 10.9 Å². The molecule has 0 bridgehead atoms. The number of hydrogen-bond donors (Lipinski definition) is 2. The fraction of sp³-hybridized carbons (Fsp3) is 0.304. The van der Waals surface area contributed by atoms with Gasteiger partial charge in [-0.05, 0) is 48.7 Å². The molecule has 1 aromatic heterocycles. The Bertz CT molecular complexity index is 1190. The molecule has 8 heteroatoms. The molecule has 0 atom stereocenters. The van der Waals surface area contributed by atoms with Crippen LogP contribution in [0.2, 0.25) is 0 Å². The van der Waals surface area contributed by atoms with E-state index < -0.39 is 11.8 Å². The summed E-state index contributed by atoms with van der Waals surface area (Å²) in [5.41, 5.74) is 6.02. The van der Waals surface area contributed by atoms with Gasteiger partial charge in [0.2, 0.25) is 5.91 Å². The lowest BCUT2D eigenvalue weighted by Gasteiger charge is -2.16. The SMILES string of the molecule is O=C(Cc1ccc(F)cc1)NNC(=O)c1ccc2c(=O)n3c(nc2c1)CCCCCC3. The van der Waals surface area contributed by atoms with Crippen molar-refractivity contribution < 1.29 is 14.0 Å². The van der Waals surface area contributed by atoms with Crippen molar-refractivity contribution in [1.82, 2.24) is 20.4 Å². The molecule has 4 rings (SSSR count). The summed E-state index contributed by atoms with van der Waals surface area (Å²) in [6.45, 7) is 0.666. The second kappa shape index (κ2) is 9.07. The minimum atomic E-state index is -0.511. The Balaban J connectivity index is 1.47. The van der Waals surface area contributed by atoms with Crippen molar-refractivity contribution in [2.24, 2.45) is 0 Å². The maximum atomic E-state index is 12.9. The number of nitrogens with zero attached hydrogens (tertiary/aromatic N) is 2. The summed E-state index contributed by atoms with van der Waals surface area (Å²) < 4.78 is 14.7. The van der Waals surface area contributed by atoms with Gasteiger partial charge in [-0.25, -0.2) is 9.37 Å². The summed E-state index contributed by atoms with van der Waals surface area (Å²) in [5, 5.41) is 0.473. The van der Waals surface area contributed by atoms with Gasteiger partial charge < -0.3 is 0 Å². The summed E-state index contributed by atoms with van der Waals surface area (Å²) in [6, 6.07) is 10.3. The second-order valence-electron chi connectivity index (χ2n) is 7.69. The normalized spacial score (nSPS) is 13.7. The molecule has 2 aromatic carbocycles. The first kappa shape index (κ1) is 20.7. The zero-order chi connectivity index (χ0) is 21.8. The van der Waals surface area contributed by atoms with Crippen LogP contribution in [0.5, 0.6) is 0 Å². The highest BCUT2D eigenvalue weighted by Crippen LogP contribution is 2.16. The number of aryl methyl sites for hydroxylation is 1. The molecular formula is C23H23FN4O3. The molecule has 0 saturated carbocycles. The van der Waals surface area contributed by atoms with Gasteiger partial charge in [-0.2, -0.15) is 0 Å². The molecule has 0 unspecified atom stereocenters. The van der Waals surface area contributed by atoms with Crippen molar-refractivity contribution in [1.29, 1.82) is 0 Å². The minimum Gasteiger partial charge on any atom is -0.296 e. The van der Waals surface area contributed by atoms with Crippen LogP contribution in [0.3, 0.4) is 0 Å². The van der Waals surface area contributed by atoms with E-state index in [0.717, 1.165) is 37.9 Å². The Morgan fingerprint density at radius 3 is 2.58 bits per heavy atom. The highest BCUT2D eigenvalue weighted by atomic mass is 19.1. The summed E-state index contributed by atoms with van der Waals surface area (Å²) in [4.78, 5) is 42.0. The zero-order valence-corrected chi connectivity index (χ0v) is 17.0. The van der Waals surface area contributed by atoms with E-state index >= 15 is 0 Å². The summed E-state index contributed by atoms with van der Waals surface area (Å²) in [7, 11) is 0. The average Bonchev–Trinajstić information content (AvgIpc) is 2.75. The van der Waals surface area contributed by atoms with Gasteiger partial charge in [0.1, 0.15) is 11.6 Å². The Hall–Kier alpha value is -3.55. The molecule has 2 amide bonds. The molecular weight excluding hydrogens is 399 g/mol. The Morgan fingerprint density at radius 2 is 1.77 bits per heavy atom. The molecule has 31 heavy (non-hydrogen) atoms. The maximum Gasteiger partial charge on any atom is 0.269 e. The third-order valence-corrected chi connectivity index (χ3v) is 5.42. The molecule has 1 aliphatic rings. The van der Waals surface area contributed by atoms with Gasteiger partial charge in [0.15, 0.2) is 0 Å². The monoisotopic (exact) mass is 422 g/mol. The summed E-state index contributed by atoms with van der Waals surface area (Å²) in [5.74, 6) is -0.571. The number of benzene rings is 2. The first-order valence-corrected chi connectivity index (χ1v) is 10.4. The molecule has 2 N–H and O–H groups in total. The molecule has 1 aliphatic heterocycles. The van der Waals surface area contributed by atoms with E-state index in [9.17, 15) is 18.8 Å². The predicted molar refractivity (Wildman–Crippen MR) is 114 cm³/mol. The van der Waals surface area contributed by atoms with E-state index in [1.54, 1.807) is 22.8 Å². The van der Waals surface area contributed by atoms with Crippen LogP contribution in [0.15, 0.2) is 47.3 Å². The van der Waals surface area contributed by atoms with Crippen LogP contribution >= 0.6 is 0 Å². The number of nitrogens with one attached hydrogen (secondary N) is 2. The molecule has 0 saturated heterocycles. The highest BCUT2D eigenvalue weighted by molar-refractivity contribution is 5.98. The molecule has 0 fully saturated rings. The van der Waals surface area contributed by atoms with Gasteiger partial charge in [0.25, 0.3) is 11.5 Å². The second-order valence-corrected chi connectivity index (χ2v) is 7.69. The topological polar surface area (TPSA) is 93.1 Å². The number of carbonyl (C=O) groups excluding carboxylic acids is 2. The summed E-state index contributed by atoms with van der Waals surface area (Å²) in [6.07, 6.45) is 4.91.